The molecule has 4 nitrogen and oxygen atoms in total. The standard InChI is InChI=1S/C14H22N2O2/c1-11-9-12(10-18-11)14(17)16-8-4-3-5-13(16)6-7-15-2/h9-10,13,15H,3-8H2,1-2H3. The lowest BCUT2D eigenvalue weighted by molar-refractivity contribution is 0.0602. The summed E-state index contributed by atoms with van der Waals surface area (Å²) in [5, 5.41) is 3.16. The number of likely N-dealkylation sites (tertiary alicyclic amines) is 1. The van der Waals surface area contributed by atoms with Crippen LogP contribution in [0.1, 0.15) is 41.8 Å². The molecule has 1 saturated heterocycles. The van der Waals surface area contributed by atoms with E-state index in [-0.39, 0.29) is 5.91 Å². The van der Waals surface area contributed by atoms with Gasteiger partial charge in [0.2, 0.25) is 0 Å². The number of carbonyl (C=O) groups is 1. The highest BCUT2D eigenvalue weighted by Gasteiger charge is 2.27. The van der Waals surface area contributed by atoms with Gasteiger partial charge in [-0.3, -0.25) is 4.79 Å². The van der Waals surface area contributed by atoms with Gasteiger partial charge in [-0.05, 0) is 52.3 Å². The van der Waals surface area contributed by atoms with E-state index in [0.29, 0.717) is 11.6 Å². The van der Waals surface area contributed by atoms with Gasteiger partial charge in [-0.15, -0.1) is 0 Å². The van der Waals surface area contributed by atoms with Gasteiger partial charge in [-0.2, -0.15) is 0 Å². The number of piperidine rings is 1. The summed E-state index contributed by atoms with van der Waals surface area (Å²) in [5.74, 6) is 0.912. The third-order valence-electron chi connectivity index (χ3n) is 3.59. The van der Waals surface area contributed by atoms with E-state index in [4.69, 9.17) is 4.42 Å². The summed E-state index contributed by atoms with van der Waals surface area (Å²) in [5.41, 5.74) is 0.684. The SMILES string of the molecule is CNCCC1CCCCN1C(=O)c1coc(C)c1. The van der Waals surface area contributed by atoms with E-state index in [1.807, 2.05) is 24.9 Å². The van der Waals surface area contributed by atoms with Crippen molar-refractivity contribution in [3.8, 4) is 0 Å². The molecule has 1 amide bonds. The molecule has 1 aromatic rings. The maximum absolute atomic E-state index is 12.4. The molecule has 100 valence electrons. The van der Waals surface area contributed by atoms with Gasteiger partial charge in [0.25, 0.3) is 5.91 Å². The minimum absolute atomic E-state index is 0.118. The minimum atomic E-state index is 0.118. The van der Waals surface area contributed by atoms with Crippen molar-refractivity contribution in [3.05, 3.63) is 23.7 Å². The molecule has 0 bridgehead atoms. The summed E-state index contributed by atoms with van der Waals surface area (Å²) >= 11 is 0. The summed E-state index contributed by atoms with van der Waals surface area (Å²) in [6.07, 6.45) is 6.05. The Hall–Kier alpha value is -1.29. The van der Waals surface area contributed by atoms with Crippen molar-refractivity contribution in [1.82, 2.24) is 10.2 Å². The maximum atomic E-state index is 12.4. The summed E-state index contributed by atoms with van der Waals surface area (Å²) in [6.45, 7) is 3.70. The third-order valence-corrected chi connectivity index (χ3v) is 3.59. The maximum Gasteiger partial charge on any atom is 0.257 e. The molecule has 1 unspecified atom stereocenters. The van der Waals surface area contributed by atoms with Crippen LogP contribution < -0.4 is 5.32 Å². The number of hydrogen-bond donors (Lipinski definition) is 1. The lowest BCUT2D eigenvalue weighted by Crippen LogP contribution is -2.44. The first-order chi connectivity index (χ1) is 8.72. The molecule has 1 atom stereocenters. The normalized spacial score (nSPS) is 20.1. The van der Waals surface area contributed by atoms with Gasteiger partial charge in [0.15, 0.2) is 0 Å². The van der Waals surface area contributed by atoms with Crippen LogP contribution in [-0.4, -0.2) is 37.0 Å². The number of rotatable bonds is 4. The minimum Gasteiger partial charge on any atom is -0.469 e. The fourth-order valence-electron chi connectivity index (χ4n) is 2.60. The van der Waals surface area contributed by atoms with Crippen molar-refractivity contribution in [2.75, 3.05) is 20.1 Å². The highest BCUT2D eigenvalue weighted by molar-refractivity contribution is 5.94. The zero-order chi connectivity index (χ0) is 13.0. The van der Waals surface area contributed by atoms with Crippen molar-refractivity contribution in [1.29, 1.82) is 0 Å². The highest BCUT2D eigenvalue weighted by Crippen LogP contribution is 2.22. The van der Waals surface area contributed by atoms with Gasteiger partial charge >= 0.3 is 0 Å². The van der Waals surface area contributed by atoms with Gasteiger partial charge in [-0.25, -0.2) is 0 Å². The van der Waals surface area contributed by atoms with Crippen LogP contribution in [0.2, 0.25) is 0 Å². The number of aryl methyl sites for hydroxylation is 1. The van der Waals surface area contributed by atoms with Gasteiger partial charge in [-0.1, -0.05) is 0 Å². The van der Waals surface area contributed by atoms with Crippen molar-refractivity contribution < 1.29 is 9.21 Å². The number of furan rings is 1. The summed E-state index contributed by atoms with van der Waals surface area (Å²) in [7, 11) is 1.95. The Morgan fingerprint density at radius 2 is 2.39 bits per heavy atom. The van der Waals surface area contributed by atoms with E-state index in [2.05, 4.69) is 5.32 Å². The van der Waals surface area contributed by atoms with Crippen LogP contribution in [0.3, 0.4) is 0 Å². The molecule has 0 radical (unpaired) electrons. The second kappa shape index (κ2) is 6.05. The number of nitrogens with one attached hydrogen (secondary N) is 1. The Bertz CT molecular complexity index is 400. The molecule has 1 aliphatic heterocycles. The number of nitrogens with zero attached hydrogens (tertiary/aromatic N) is 1. The van der Waals surface area contributed by atoms with Crippen LogP contribution >= 0.6 is 0 Å². The molecule has 1 aliphatic rings. The topological polar surface area (TPSA) is 45.5 Å². The van der Waals surface area contributed by atoms with Crippen molar-refractivity contribution in [2.24, 2.45) is 0 Å². The van der Waals surface area contributed by atoms with E-state index in [1.54, 1.807) is 6.26 Å². The molecule has 4 heteroatoms. The van der Waals surface area contributed by atoms with E-state index in [0.717, 1.165) is 38.1 Å². The monoisotopic (exact) mass is 250 g/mol. The molecule has 2 rings (SSSR count). The molecule has 2 heterocycles. The fraction of sp³-hybridized carbons (Fsp3) is 0.643. The summed E-state index contributed by atoms with van der Waals surface area (Å²) < 4.78 is 5.23. The Morgan fingerprint density at radius 3 is 3.06 bits per heavy atom. The first-order valence-electron chi connectivity index (χ1n) is 6.73. The number of amides is 1. The van der Waals surface area contributed by atoms with Crippen molar-refractivity contribution in [3.63, 3.8) is 0 Å². The third kappa shape index (κ3) is 2.93. The Morgan fingerprint density at radius 1 is 1.56 bits per heavy atom. The number of hydrogen-bond acceptors (Lipinski definition) is 3. The van der Waals surface area contributed by atoms with Gasteiger partial charge in [0.1, 0.15) is 12.0 Å². The fourth-order valence-corrected chi connectivity index (χ4v) is 2.60. The highest BCUT2D eigenvalue weighted by atomic mass is 16.3. The first-order valence-corrected chi connectivity index (χ1v) is 6.73. The zero-order valence-electron chi connectivity index (χ0n) is 11.2. The van der Waals surface area contributed by atoms with Crippen LogP contribution in [0, 0.1) is 6.92 Å². The van der Waals surface area contributed by atoms with E-state index in [9.17, 15) is 4.79 Å². The Kier molecular flexibility index (Phi) is 4.42. The van der Waals surface area contributed by atoms with Crippen LogP contribution in [0.15, 0.2) is 16.7 Å². The van der Waals surface area contributed by atoms with Gasteiger partial charge in [0.05, 0.1) is 5.56 Å². The van der Waals surface area contributed by atoms with E-state index >= 15 is 0 Å². The van der Waals surface area contributed by atoms with Gasteiger partial charge < -0.3 is 14.6 Å². The van der Waals surface area contributed by atoms with Crippen LogP contribution in [0.25, 0.3) is 0 Å². The van der Waals surface area contributed by atoms with E-state index in [1.165, 1.54) is 6.42 Å². The lowest BCUT2D eigenvalue weighted by atomic mass is 9.98. The Labute approximate surface area is 108 Å². The second-order valence-electron chi connectivity index (χ2n) is 4.99. The molecular formula is C14H22N2O2. The number of carbonyl (C=O) groups excluding carboxylic acids is 1. The van der Waals surface area contributed by atoms with Crippen molar-refractivity contribution >= 4 is 5.91 Å². The Balaban J connectivity index is 2.06. The molecule has 0 saturated carbocycles. The second-order valence-corrected chi connectivity index (χ2v) is 4.99. The smallest absolute Gasteiger partial charge is 0.257 e. The molecule has 0 aromatic carbocycles. The average Bonchev–Trinajstić information content (AvgIpc) is 2.82. The van der Waals surface area contributed by atoms with Crippen molar-refractivity contribution in [2.45, 2.75) is 38.6 Å². The van der Waals surface area contributed by atoms with Gasteiger partial charge in [0, 0.05) is 12.6 Å². The molecule has 0 aliphatic carbocycles. The molecule has 1 aromatic heterocycles. The van der Waals surface area contributed by atoms with Crippen LogP contribution in [0.5, 0.6) is 0 Å². The molecule has 1 fully saturated rings. The summed E-state index contributed by atoms with van der Waals surface area (Å²) in [4.78, 5) is 14.5. The summed E-state index contributed by atoms with van der Waals surface area (Å²) in [6, 6.07) is 2.19. The molecule has 18 heavy (non-hydrogen) atoms. The first kappa shape index (κ1) is 13.1. The van der Waals surface area contributed by atoms with E-state index < -0.39 is 0 Å². The largest absolute Gasteiger partial charge is 0.469 e. The molecule has 0 spiro atoms. The van der Waals surface area contributed by atoms with Crippen LogP contribution in [-0.2, 0) is 0 Å². The predicted molar refractivity (Wildman–Crippen MR) is 70.7 cm³/mol. The zero-order valence-corrected chi connectivity index (χ0v) is 11.2. The van der Waals surface area contributed by atoms with Crippen LogP contribution in [0.4, 0.5) is 0 Å². The molecule has 1 N–H and O–H groups in total. The average molecular weight is 250 g/mol. The lowest BCUT2D eigenvalue weighted by Gasteiger charge is -2.35. The molecular weight excluding hydrogens is 228 g/mol. The quantitative estimate of drug-likeness (QED) is 0.891. The predicted octanol–water partition coefficient (Wildman–Crippen LogP) is 2.19.